The second kappa shape index (κ2) is 0.977. The van der Waals surface area contributed by atoms with Gasteiger partial charge in [-0.3, -0.25) is 0 Å². The molecule has 1 N–H and O–H groups in total. The molecule has 0 bridgehead atoms. The van der Waals surface area contributed by atoms with Crippen molar-refractivity contribution in [2.24, 2.45) is 0 Å². The standard InChI is InChI=1S/C4H10O/c1-4(2,3)5/h5H,1-3H3/i1+1. The molecule has 0 unspecified atom stereocenters. The lowest BCUT2D eigenvalue weighted by atomic mass is 10.3. The first kappa shape index (κ1) is 4.96. The molecule has 0 aromatic heterocycles. The summed E-state index contributed by atoms with van der Waals surface area (Å²) in [4.78, 5) is 0. The largest absolute Gasteiger partial charge is 0.391 e. The fourth-order valence-corrected chi connectivity index (χ4v) is 0. The summed E-state index contributed by atoms with van der Waals surface area (Å²) in [6, 6.07) is 0. The van der Waals surface area contributed by atoms with Gasteiger partial charge in [-0.2, -0.15) is 0 Å². The van der Waals surface area contributed by atoms with Gasteiger partial charge in [0.05, 0.1) is 5.60 Å². The Balaban J connectivity index is 3.02. The first-order chi connectivity index (χ1) is 2.00. The van der Waals surface area contributed by atoms with E-state index in [2.05, 4.69) is 0 Å². The van der Waals surface area contributed by atoms with Gasteiger partial charge in [-0.25, -0.2) is 0 Å². The zero-order chi connectivity index (χ0) is 4.50. The van der Waals surface area contributed by atoms with E-state index in [9.17, 15) is 0 Å². The highest BCUT2D eigenvalue weighted by atomic mass is 16.3. The number of rotatable bonds is 0. The van der Waals surface area contributed by atoms with Crippen molar-refractivity contribution in [3.63, 3.8) is 0 Å². The predicted octanol–water partition coefficient (Wildman–Crippen LogP) is 0.777. The van der Waals surface area contributed by atoms with Crippen LogP contribution in [0.25, 0.3) is 0 Å². The van der Waals surface area contributed by atoms with Crippen LogP contribution in [0.2, 0.25) is 0 Å². The van der Waals surface area contributed by atoms with Crippen molar-refractivity contribution in [3.8, 4) is 0 Å². The van der Waals surface area contributed by atoms with Gasteiger partial charge >= 0.3 is 0 Å². The third-order valence-electron chi connectivity index (χ3n) is 0. The number of hydrogen-bond acceptors (Lipinski definition) is 1. The summed E-state index contributed by atoms with van der Waals surface area (Å²) in [6.45, 7) is 5.23. The van der Waals surface area contributed by atoms with Crippen LogP contribution in [-0.2, 0) is 0 Å². The molecule has 0 aliphatic rings. The molecule has 0 atom stereocenters. The Labute approximate surface area is 32.6 Å². The quantitative estimate of drug-likeness (QED) is 0.422. The lowest BCUT2D eigenvalue weighted by Crippen LogP contribution is -2.10. The highest BCUT2D eigenvalue weighted by molar-refractivity contribution is 4.50. The molecule has 32 valence electrons. The van der Waals surface area contributed by atoms with Gasteiger partial charge in [0.1, 0.15) is 0 Å². The summed E-state index contributed by atoms with van der Waals surface area (Å²) in [5.74, 6) is 0. The zero-order valence-electron chi connectivity index (χ0n) is 3.95. The lowest BCUT2D eigenvalue weighted by Gasteiger charge is -2.04. The van der Waals surface area contributed by atoms with Crippen LogP contribution in [0, 0.1) is 0 Å². The van der Waals surface area contributed by atoms with Crippen LogP contribution in [0.15, 0.2) is 0 Å². The van der Waals surface area contributed by atoms with E-state index < -0.39 is 5.60 Å². The van der Waals surface area contributed by atoms with E-state index in [1.807, 2.05) is 0 Å². The molecule has 0 amide bonds. The van der Waals surface area contributed by atoms with E-state index in [0.717, 1.165) is 0 Å². The van der Waals surface area contributed by atoms with E-state index in [1.165, 1.54) is 0 Å². The van der Waals surface area contributed by atoms with Crippen LogP contribution in [0.3, 0.4) is 0 Å². The maximum absolute atomic E-state index is 8.52. The van der Waals surface area contributed by atoms with Gasteiger partial charge in [0, 0.05) is 0 Å². The van der Waals surface area contributed by atoms with Crippen molar-refractivity contribution < 1.29 is 5.11 Å². The van der Waals surface area contributed by atoms with E-state index in [-0.39, 0.29) is 0 Å². The molecule has 1 nitrogen and oxygen atoms in total. The fourth-order valence-electron chi connectivity index (χ4n) is 0. The summed E-state index contributed by atoms with van der Waals surface area (Å²) >= 11 is 0. The molecule has 5 heavy (non-hydrogen) atoms. The topological polar surface area (TPSA) is 20.2 Å². The van der Waals surface area contributed by atoms with Crippen molar-refractivity contribution in [1.29, 1.82) is 0 Å². The van der Waals surface area contributed by atoms with Crippen LogP contribution in [-0.4, -0.2) is 10.7 Å². The maximum Gasteiger partial charge on any atom is 0.0563 e. The molecule has 0 spiro atoms. The second-order valence-electron chi connectivity index (χ2n) is 2.17. The molecule has 0 aliphatic heterocycles. The Morgan fingerprint density at radius 2 is 1.20 bits per heavy atom. The molecular formula is C4H10O. The summed E-state index contributed by atoms with van der Waals surface area (Å²) in [5.41, 5.74) is -0.500. The minimum absolute atomic E-state index is 0.500. The molecule has 0 aromatic carbocycles. The average Bonchev–Trinajstić information content (AvgIpc) is 0.722. The van der Waals surface area contributed by atoms with Gasteiger partial charge < -0.3 is 5.11 Å². The SMILES string of the molecule is CC(C)([13CH3])O. The fraction of sp³-hybridized carbons (Fsp3) is 1.00. The van der Waals surface area contributed by atoms with Gasteiger partial charge in [-0.1, -0.05) is 0 Å². The predicted molar refractivity (Wildman–Crippen MR) is 22.0 cm³/mol. The maximum atomic E-state index is 8.52. The van der Waals surface area contributed by atoms with Crippen molar-refractivity contribution in [3.05, 3.63) is 0 Å². The average molecular weight is 75.1 g/mol. The van der Waals surface area contributed by atoms with Gasteiger partial charge in [-0.15, -0.1) is 0 Å². The summed E-state index contributed by atoms with van der Waals surface area (Å²) in [5, 5.41) is 8.52. The number of hydrogen-bond donors (Lipinski definition) is 1. The summed E-state index contributed by atoms with van der Waals surface area (Å²) < 4.78 is 0. The Kier molecular flexibility index (Phi) is 0.969. The van der Waals surface area contributed by atoms with Crippen molar-refractivity contribution in [2.75, 3.05) is 0 Å². The minimum atomic E-state index is -0.500. The van der Waals surface area contributed by atoms with E-state index in [1.54, 1.807) is 20.8 Å². The van der Waals surface area contributed by atoms with Crippen LogP contribution in [0.1, 0.15) is 20.8 Å². The van der Waals surface area contributed by atoms with Crippen LogP contribution >= 0.6 is 0 Å². The van der Waals surface area contributed by atoms with Crippen molar-refractivity contribution >= 4 is 0 Å². The first-order valence-electron chi connectivity index (χ1n) is 1.72. The smallest absolute Gasteiger partial charge is 0.0563 e. The zero-order valence-corrected chi connectivity index (χ0v) is 3.95. The summed E-state index contributed by atoms with van der Waals surface area (Å²) in [6.07, 6.45) is 0. The molecule has 0 saturated heterocycles. The lowest BCUT2D eigenvalue weighted by molar-refractivity contribution is 0.102. The third kappa shape index (κ3) is 9510. The van der Waals surface area contributed by atoms with Gasteiger partial charge in [0.25, 0.3) is 0 Å². The molecule has 1 heteroatoms. The van der Waals surface area contributed by atoms with E-state index >= 15 is 0 Å². The molecule has 0 fully saturated rings. The number of aliphatic hydroxyl groups is 1. The van der Waals surface area contributed by atoms with Crippen LogP contribution in [0.4, 0.5) is 0 Å². The molecule has 0 aromatic rings. The highest BCUT2D eigenvalue weighted by Gasteiger charge is 1.97. The van der Waals surface area contributed by atoms with Crippen molar-refractivity contribution in [1.82, 2.24) is 0 Å². The Hall–Kier alpha value is -0.0400. The van der Waals surface area contributed by atoms with Gasteiger partial charge in [-0.05, 0) is 20.8 Å². The van der Waals surface area contributed by atoms with E-state index in [0.29, 0.717) is 0 Å². The van der Waals surface area contributed by atoms with Crippen LogP contribution < -0.4 is 0 Å². The van der Waals surface area contributed by atoms with Crippen molar-refractivity contribution in [2.45, 2.75) is 26.4 Å². The Bertz CT molecular complexity index is 19.1. The van der Waals surface area contributed by atoms with Gasteiger partial charge in [0.2, 0.25) is 0 Å². The monoisotopic (exact) mass is 75.1 g/mol. The molecule has 0 aliphatic carbocycles. The first-order valence-corrected chi connectivity index (χ1v) is 1.72. The molecule has 0 saturated carbocycles. The minimum Gasteiger partial charge on any atom is -0.391 e. The highest BCUT2D eigenvalue weighted by Crippen LogP contribution is 1.93. The Morgan fingerprint density at radius 1 is 1.20 bits per heavy atom. The third-order valence-corrected chi connectivity index (χ3v) is 0. The second-order valence-corrected chi connectivity index (χ2v) is 2.17. The Morgan fingerprint density at radius 3 is 1.20 bits per heavy atom. The van der Waals surface area contributed by atoms with Crippen LogP contribution in [0.5, 0.6) is 0 Å². The van der Waals surface area contributed by atoms with E-state index in [4.69, 9.17) is 5.11 Å². The molecular weight excluding hydrogens is 65.0 g/mol. The molecule has 0 heterocycles. The molecule has 0 rings (SSSR count). The molecule has 0 radical (unpaired) electrons. The summed E-state index contributed by atoms with van der Waals surface area (Å²) in [7, 11) is 0. The normalized spacial score (nSPS) is 12.0. The van der Waals surface area contributed by atoms with Gasteiger partial charge in [0.15, 0.2) is 0 Å².